The minimum atomic E-state index is -0.342. The Morgan fingerprint density at radius 3 is 2.85 bits per heavy atom. The van der Waals surface area contributed by atoms with E-state index >= 15 is 0 Å². The van der Waals surface area contributed by atoms with Crippen molar-refractivity contribution >= 4 is 29.3 Å². The van der Waals surface area contributed by atoms with Gasteiger partial charge in [-0.3, -0.25) is 9.78 Å². The molecule has 0 aliphatic rings. The Hall–Kier alpha value is -1.66. The van der Waals surface area contributed by atoms with E-state index in [-0.39, 0.29) is 22.7 Å². The molecule has 0 fully saturated rings. The highest BCUT2D eigenvalue weighted by Crippen LogP contribution is 2.17. The lowest BCUT2D eigenvalue weighted by atomic mass is 10.2. The van der Waals surface area contributed by atoms with Crippen LogP contribution in [0, 0.1) is 0 Å². The molecule has 0 saturated heterocycles. The average Bonchev–Trinajstić information content (AvgIpc) is 2.48. The van der Waals surface area contributed by atoms with Gasteiger partial charge in [0.25, 0.3) is 5.91 Å². The molecule has 0 aliphatic carbocycles. The van der Waals surface area contributed by atoms with Crippen LogP contribution < -0.4 is 5.32 Å². The van der Waals surface area contributed by atoms with Gasteiger partial charge in [-0.15, -0.1) is 0 Å². The molecule has 0 spiro atoms. The lowest BCUT2D eigenvalue weighted by molar-refractivity contribution is 0.0933. The van der Waals surface area contributed by atoms with E-state index in [9.17, 15) is 4.79 Å². The number of amides is 1. The summed E-state index contributed by atoms with van der Waals surface area (Å²) in [5.74, 6) is -0.342. The molecule has 0 radical (unpaired) electrons. The fourth-order valence-corrected chi connectivity index (χ4v) is 2.10. The van der Waals surface area contributed by atoms with Crippen LogP contribution in [0.3, 0.4) is 0 Å². The Morgan fingerprint density at radius 1 is 1.40 bits per heavy atom. The number of aromatic nitrogens is 3. The predicted molar refractivity (Wildman–Crippen MR) is 78.9 cm³/mol. The molecule has 2 rings (SSSR count). The first kappa shape index (κ1) is 14.7. The Bertz CT molecular complexity index is 609. The highest BCUT2D eigenvalue weighted by Gasteiger charge is 2.17. The number of nitrogens with one attached hydrogen (secondary N) is 1. The van der Waals surface area contributed by atoms with Crippen molar-refractivity contribution in [2.45, 2.75) is 18.1 Å². The SMILES string of the molecule is CSc1ncc(Cl)c(C(=O)NC(C)c2ccccn2)n1. The van der Waals surface area contributed by atoms with Crippen molar-refractivity contribution in [3.05, 3.63) is 47.0 Å². The fraction of sp³-hybridized carbons (Fsp3) is 0.231. The number of hydrogen-bond acceptors (Lipinski definition) is 5. The van der Waals surface area contributed by atoms with Gasteiger partial charge in [0.05, 0.1) is 23.0 Å². The van der Waals surface area contributed by atoms with E-state index in [4.69, 9.17) is 11.6 Å². The van der Waals surface area contributed by atoms with Gasteiger partial charge < -0.3 is 5.32 Å². The van der Waals surface area contributed by atoms with E-state index in [1.165, 1.54) is 18.0 Å². The van der Waals surface area contributed by atoms with E-state index in [2.05, 4.69) is 20.3 Å². The molecular formula is C13H13ClN4OS. The number of nitrogens with zero attached hydrogens (tertiary/aromatic N) is 3. The number of thioether (sulfide) groups is 1. The molecule has 2 aromatic heterocycles. The molecule has 104 valence electrons. The molecule has 1 N–H and O–H groups in total. The van der Waals surface area contributed by atoms with Gasteiger partial charge in [-0.05, 0) is 25.3 Å². The number of rotatable bonds is 4. The third-order valence-corrected chi connectivity index (χ3v) is 3.44. The zero-order valence-electron chi connectivity index (χ0n) is 11.0. The van der Waals surface area contributed by atoms with Crippen LogP contribution in [0.15, 0.2) is 35.7 Å². The second kappa shape index (κ2) is 6.67. The van der Waals surface area contributed by atoms with Crippen LogP contribution in [0.25, 0.3) is 0 Å². The van der Waals surface area contributed by atoms with Gasteiger partial charge in [0.1, 0.15) is 0 Å². The molecule has 1 atom stereocenters. The van der Waals surface area contributed by atoms with Crippen LogP contribution in [0.5, 0.6) is 0 Å². The van der Waals surface area contributed by atoms with Crippen molar-refractivity contribution in [3.8, 4) is 0 Å². The molecular weight excluding hydrogens is 296 g/mol. The molecule has 20 heavy (non-hydrogen) atoms. The summed E-state index contributed by atoms with van der Waals surface area (Å²) in [5.41, 5.74) is 0.949. The summed E-state index contributed by atoms with van der Waals surface area (Å²) < 4.78 is 0. The molecule has 0 aliphatic heterocycles. The lowest BCUT2D eigenvalue weighted by Crippen LogP contribution is -2.28. The maximum Gasteiger partial charge on any atom is 0.272 e. The molecule has 1 amide bonds. The second-order valence-electron chi connectivity index (χ2n) is 4.00. The third kappa shape index (κ3) is 3.46. The summed E-state index contributed by atoms with van der Waals surface area (Å²) in [6.45, 7) is 1.85. The lowest BCUT2D eigenvalue weighted by Gasteiger charge is -2.13. The molecule has 0 bridgehead atoms. The normalized spacial score (nSPS) is 11.9. The Kier molecular flexibility index (Phi) is 4.92. The molecule has 0 saturated carbocycles. The highest BCUT2D eigenvalue weighted by molar-refractivity contribution is 7.98. The van der Waals surface area contributed by atoms with Crippen LogP contribution in [0.4, 0.5) is 0 Å². The van der Waals surface area contributed by atoms with E-state index in [0.29, 0.717) is 5.16 Å². The third-order valence-electron chi connectivity index (χ3n) is 2.60. The molecule has 2 aromatic rings. The van der Waals surface area contributed by atoms with E-state index in [1.54, 1.807) is 6.20 Å². The second-order valence-corrected chi connectivity index (χ2v) is 5.18. The first-order valence-electron chi connectivity index (χ1n) is 5.90. The predicted octanol–water partition coefficient (Wildman–Crippen LogP) is 2.74. The van der Waals surface area contributed by atoms with Crippen LogP contribution in [-0.2, 0) is 0 Å². The topological polar surface area (TPSA) is 67.8 Å². The number of pyridine rings is 1. The monoisotopic (exact) mass is 308 g/mol. The van der Waals surface area contributed by atoms with Crippen molar-refractivity contribution in [2.24, 2.45) is 0 Å². The summed E-state index contributed by atoms with van der Waals surface area (Å²) in [4.78, 5) is 24.5. The van der Waals surface area contributed by atoms with Crippen molar-refractivity contribution < 1.29 is 4.79 Å². The van der Waals surface area contributed by atoms with Crippen LogP contribution in [0.1, 0.15) is 29.1 Å². The van der Waals surface area contributed by atoms with Crippen LogP contribution >= 0.6 is 23.4 Å². The summed E-state index contributed by atoms with van der Waals surface area (Å²) in [7, 11) is 0. The number of halogens is 1. The minimum Gasteiger partial charge on any atom is -0.343 e. The Morgan fingerprint density at radius 2 is 2.20 bits per heavy atom. The summed E-state index contributed by atoms with van der Waals surface area (Å²) >= 11 is 7.32. The van der Waals surface area contributed by atoms with E-state index < -0.39 is 0 Å². The molecule has 2 heterocycles. The highest BCUT2D eigenvalue weighted by atomic mass is 35.5. The van der Waals surface area contributed by atoms with Gasteiger partial charge in [-0.1, -0.05) is 29.4 Å². The average molecular weight is 309 g/mol. The Balaban J connectivity index is 2.16. The van der Waals surface area contributed by atoms with Gasteiger partial charge in [0, 0.05) is 6.20 Å². The summed E-state index contributed by atoms with van der Waals surface area (Å²) in [5, 5.41) is 3.55. The standard InChI is InChI=1S/C13H13ClN4OS/c1-8(10-5-3-4-6-15-10)17-12(19)11-9(14)7-16-13(18-11)20-2/h3-8H,1-2H3,(H,17,19). The van der Waals surface area contributed by atoms with Crippen molar-refractivity contribution in [1.82, 2.24) is 20.3 Å². The van der Waals surface area contributed by atoms with Crippen molar-refractivity contribution in [3.63, 3.8) is 0 Å². The van der Waals surface area contributed by atoms with Crippen molar-refractivity contribution in [2.75, 3.05) is 6.26 Å². The minimum absolute atomic E-state index is 0.175. The molecule has 5 nitrogen and oxygen atoms in total. The molecule has 0 aromatic carbocycles. The molecule has 7 heteroatoms. The maximum atomic E-state index is 12.2. The number of carbonyl (C=O) groups is 1. The quantitative estimate of drug-likeness (QED) is 0.695. The van der Waals surface area contributed by atoms with E-state index in [1.807, 2.05) is 31.4 Å². The van der Waals surface area contributed by atoms with Gasteiger partial charge in [0.2, 0.25) is 0 Å². The van der Waals surface area contributed by atoms with Crippen LogP contribution in [-0.4, -0.2) is 27.1 Å². The maximum absolute atomic E-state index is 12.2. The number of hydrogen-bond donors (Lipinski definition) is 1. The van der Waals surface area contributed by atoms with Gasteiger partial charge in [0.15, 0.2) is 10.9 Å². The van der Waals surface area contributed by atoms with Gasteiger partial charge in [-0.2, -0.15) is 0 Å². The molecule has 1 unspecified atom stereocenters. The van der Waals surface area contributed by atoms with Gasteiger partial charge in [-0.25, -0.2) is 9.97 Å². The van der Waals surface area contributed by atoms with Crippen LogP contribution in [0.2, 0.25) is 5.02 Å². The first-order chi connectivity index (χ1) is 9.61. The summed E-state index contributed by atoms with van der Waals surface area (Å²) in [6.07, 6.45) is 4.95. The number of carbonyl (C=O) groups excluding carboxylic acids is 1. The Labute approximate surface area is 126 Å². The fourth-order valence-electron chi connectivity index (χ4n) is 1.58. The summed E-state index contributed by atoms with van der Waals surface area (Å²) in [6, 6.07) is 5.31. The largest absolute Gasteiger partial charge is 0.343 e. The van der Waals surface area contributed by atoms with Gasteiger partial charge >= 0.3 is 0 Å². The zero-order chi connectivity index (χ0) is 14.5. The zero-order valence-corrected chi connectivity index (χ0v) is 12.6. The van der Waals surface area contributed by atoms with Crippen molar-refractivity contribution in [1.29, 1.82) is 0 Å². The van der Waals surface area contributed by atoms with E-state index in [0.717, 1.165) is 5.69 Å². The first-order valence-corrected chi connectivity index (χ1v) is 7.50. The smallest absolute Gasteiger partial charge is 0.272 e.